The lowest BCUT2D eigenvalue weighted by molar-refractivity contribution is 0.0466. The molecular weight excluding hydrogens is 344 g/mol. The SMILES string of the molecule is Cc1nc2ccccc2nc1COC(=O)c1ccccc1Br. The predicted molar refractivity (Wildman–Crippen MR) is 87.5 cm³/mol. The second kappa shape index (κ2) is 6.23. The summed E-state index contributed by atoms with van der Waals surface area (Å²) in [4.78, 5) is 21.1. The number of halogens is 1. The van der Waals surface area contributed by atoms with Gasteiger partial charge in [0.25, 0.3) is 0 Å². The van der Waals surface area contributed by atoms with E-state index in [4.69, 9.17) is 4.74 Å². The second-order valence-corrected chi connectivity index (χ2v) is 5.65. The molecule has 3 aromatic rings. The fourth-order valence-corrected chi connectivity index (χ4v) is 2.55. The number of benzene rings is 2. The third kappa shape index (κ3) is 2.99. The number of para-hydroxylation sites is 2. The molecule has 0 bridgehead atoms. The molecule has 110 valence electrons. The van der Waals surface area contributed by atoms with E-state index in [9.17, 15) is 4.79 Å². The Morgan fingerprint density at radius 3 is 2.41 bits per heavy atom. The highest BCUT2D eigenvalue weighted by Gasteiger charge is 2.13. The van der Waals surface area contributed by atoms with Crippen molar-refractivity contribution in [3.63, 3.8) is 0 Å². The first kappa shape index (κ1) is 14.7. The van der Waals surface area contributed by atoms with Gasteiger partial charge in [0.1, 0.15) is 6.61 Å². The average Bonchev–Trinajstić information content (AvgIpc) is 2.53. The molecule has 0 spiro atoms. The third-order valence-corrected chi connectivity index (χ3v) is 3.97. The van der Waals surface area contributed by atoms with Gasteiger partial charge in [0.05, 0.1) is 28.0 Å². The molecule has 2 aromatic carbocycles. The summed E-state index contributed by atoms with van der Waals surface area (Å²) in [6.45, 7) is 1.96. The molecule has 0 N–H and O–H groups in total. The van der Waals surface area contributed by atoms with Crippen molar-refractivity contribution in [2.24, 2.45) is 0 Å². The molecule has 1 heterocycles. The molecule has 0 aliphatic carbocycles. The number of fused-ring (bicyclic) bond motifs is 1. The Labute approximate surface area is 136 Å². The van der Waals surface area contributed by atoms with Crippen molar-refractivity contribution < 1.29 is 9.53 Å². The molecule has 0 amide bonds. The molecule has 3 rings (SSSR count). The molecule has 0 aliphatic heterocycles. The molecule has 5 heteroatoms. The standard InChI is InChI=1S/C17H13BrN2O2/c1-11-16(20-15-9-5-4-8-14(15)19-11)10-22-17(21)12-6-2-3-7-13(12)18/h2-9H,10H2,1H3. The Morgan fingerprint density at radius 1 is 1.05 bits per heavy atom. The van der Waals surface area contributed by atoms with Gasteiger partial charge in [-0.05, 0) is 47.1 Å². The Bertz CT molecular complexity index is 849. The van der Waals surface area contributed by atoms with Crippen molar-refractivity contribution >= 4 is 32.9 Å². The summed E-state index contributed by atoms with van der Waals surface area (Å²) in [6, 6.07) is 14.8. The van der Waals surface area contributed by atoms with Crippen LogP contribution in [0.25, 0.3) is 11.0 Å². The minimum atomic E-state index is -0.387. The van der Waals surface area contributed by atoms with Crippen LogP contribution in [0, 0.1) is 6.92 Å². The summed E-state index contributed by atoms with van der Waals surface area (Å²) < 4.78 is 6.06. The van der Waals surface area contributed by atoms with E-state index in [0.717, 1.165) is 16.7 Å². The van der Waals surface area contributed by atoms with E-state index in [1.165, 1.54) is 0 Å². The molecule has 0 saturated carbocycles. The van der Waals surface area contributed by atoms with Gasteiger partial charge in [-0.15, -0.1) is 0 Å². The second-order valence-electron chi connectivity index (χ2n) is 4.80. The molecule has 0 fully saturated rings. The summed E-state index contributed by atoms with van der Waals surface area (Å²) in [7, 11) is 0. The highest BCUT2D eigenvalue weighted by atomic mass is 79.9. The van der Waals surface area contributed by atoms with Crippen molar-refractivity contribution in [2.75, 3.05) is 0 Å². The van der Waals surface area contributed by atoms with Crippen LogP contribution in [0.3, 0.4) is 0 Å². The van der Waals surface area contributed by atoms with E-state index < -0.39 is 0 Å². The van der Waals surface area contributed by atoms with E-state index >= 15 is 0 Å². The number of aryl methyl sites for hydroxylation is 1. The van der Waals surface area contributed by atoms with Crippen molar-refractivity contribution in [3.8, 4) is 0 Å². The number of hydrogen-bond donors (Lipinski definition) is 0. The first-order valence-electron chi connectivity index (χ1n) is 6.79. The first-order valence-corrected chi connectivity index (χ1v) is 7.58. The maximum absolute atomic E-state index is 12.1. The van der Waals surface area contributed by atoms with E-state index in [1.54, 1.807) is 18.2 Å². The Kier molecular flexibility index (Phi) is 4.15. The van der Waals surface area contributed by atoms with Gasteiger partial charge < -0.3 is 4.74 Å². The van der Waals surface area contributed by atoms with Crippen LogP contribution in [0.5, 0.6) is 0 Å². The number of carbonyl (C=O) groups is 1. The Hall–Kier alpha value is -2.27. The number of nitrogens with zero attached hydrogens (tertiary/aromatic N) is 2. The minimum Gasteiger partial charge on any atom is -0.455 e. The molecule has 0 aliphatic rings. The lowest BCUT2D eigenvalue weighted by Crippen LogP contribution is -2.08. The van der Waals surface area contributed by atoms with Gasteiger partial charge in [0.15, 0.2) is 0 Å². The number of carbonyl (C=O) groups excluding carboxylic acids is 1. The highest BCUT2D eigenvalue weighted by Crippen LogP contribution is 2.18. The van der Waals surface area contributed by atoms with Crippen molar-refractivity contribution in [1.29, 1.82) is 0 Å². The zero-order valence-electron chi connectivity index (χ0n) is 11.9. The van der Waals surface area contributed by atoms with E-state index in [0.29, 0.717) is 15.7 Å². The minimum absolute atomic E-state index is 0.101. The van der Waals surface area contributed by atoms with Crippen LogP contribution in [0.4, 0.5) is 0 Å². The summed E-state index contributed by atoms with van der Waals surface area (Å²) >= 11 is 3.34. The molecular formula is C17H13BrN2O2. The van der Waals surface area contributed by atoms with Crippen molar-refractivity contribution in [1.82, 2.24) is 9.97 Å². The summed E-state index contributed by atoms with van der Waals surface area (Å²) in [5, 5.41) is 0. The van der Waals surface area contributed by atoms with Gasteiger partial charge in [-0.3, -0.25) is 0 Å². The zero-order valence-corrected chi connectivity index (χ0v) is 13.5. The van der Waals surface area contributed by atoms with Crippen LogP contribution in [-0.4, -0.2) is 15.9 Å². The molecule has 0 atom stereocenters. The smallest absolute Gasteiger partial charge is 0.339 e. The monoisotopic (exact) mass is 356 g/mol. The van der Waals surface area contributed by atoms with E-state index in [-0.39, 0.29) is 12.6 Å². The highest BCUT2D eigenvalue weighted by molar-refractivity contribution is 9.10. The first-order chi connectivity index (χ1) is 10.6. The van der Waals surface area contributed by atoms with Crippen LogP contribution >= 0.6 is 15.9 Å². The average molecular weight is 357 g/mol. The number of ether oxygens (including phenoxy) is 1. The maximum Gasteiger partial charge on any atom is 0.339 e. The van der Waals surface area contributed by atoms with E-state index in [1.807, 2.05) is 37.3 Å². The summed E-state index contributed by atoms with van der Waals surface area (Å²) in [5.74, 6) is -0.387. The normalized spacial score (nSPS) is 10.6. The van der Waals surface area contributed by atoms with Gasteiger partial charge in [-0.2, -0.15) is 0 Å². The molecule has 22 heavy (non-hydrogen) atoms. The van der Waals surface area contributed by atoms with E-state index in [2.05, 4.69) is 25.9 Å². The molecule has 0 radical (unpaired) electrons. The van der Waals surface area contributed by atoms with Crippen molar-refractivity contribution in [3.05, 3.63) is 70.0 Å². The van der Waals surface area contributed by atoms with Gasteiger partial charge in [0.2, 0.25) is 0 Å². The molecule has 1 aromatic heterocycles. The third-order valence-electron chi connectivity index (χ3n) is 3.28. The number of rotatable bonds is 3. The number of aromatic nitrogens is 2. The molecule has 4 nitrogen and oxygen atoms in total. The van der Waals surface area contributed by atoms with Crippen LogP contribution in [0.1, 0.15) is 21.7 Å². The van der Waals surface area contributed by atoms with Crippen molar-refractivity contribution in [2.45, 2.75) is 13.5 Å². The molecule has 0 saturated heterocycles. The van der Waals surface area contributed by atoms with Gasteiger partial charge >= 0.3 is 5.97 Å². The number of esters is 1. The Balaban J connectivity index is 1.80. The lowest BCUT2D eigenvalue weighted by atomic mass is 10.2. The summed E-state index contributed by atoms with van der Waals surface area (Å²) in [5.41, 5.74) is 3.55. The predicted octanol–water partition coefficient (Wildman–Crippen LogP) is 4.06. The topological polar surface area (TPSA) is 52.1 Å². The quantitative estimate of drug-likeness (QED) is 0.664. The summed E-state index contributed by atoms with van der Waals surface area (Å²) in [6.07, 6.45) is 0. The maximum atomic E-state index is 12.1. The molecule has 0 unspecified atom stereocenters. The largest absolute Gasteiger partial charge is 0.455 e. The van der Waals surface area contributed by atoms with Crippen LogP contribution in [0.15, 0.2) is 53.0 Å². The van der Waals surface area contributed by atoms with Gasteiger partial charge in [-0.25, -0.2) is 14.8 Å². The Morgan fingerprint density at radius 2 is 1.68 bits per heavy atom. The van der Waals surface area contributed by atoms with Crippen LogP contribution < -0.4 is 0 Å². The van der Waals surface area contributed by atoms with Gasteiger partial charge in [-0.1, -0.05) is 24.3 Å². The fraction of sp³-hybridized carbons (Fsp3) is 0.118. The van der Waals surface area contributed by atoms with Gasteiger partial charge in [0, 0.05) is 4.47 Å². The lowest BCUT2D eigenvalue weighted by Gasteiger charge is -2.08. The van der Waals surface area contributed by atoms with Crippen LogP contribution in [0.2, 0.25) is 0 Å². The number of hydrogen-bond acceptors (Lipinski definition) is 4. The van der Waals surface area contributed by atoms with Crippen LogP contribution in [-0.2, 0) is 11.3 Å². The fourth-order valence-electron chi connectivity index (χ4n) is 2.10. The zero-order chi connectivity index (χ0) is 15.5.